The maximum absolute atomic E-state index is 12.6. The van der Waals surface area contributed by atoms with Crippen molar-refractivity contribution in [3.8, 4) is 0 Å². The van der Waals surface area contributed by atoms with Crippen LogP contribution in [0, 0.1) is 5.82 Å². The Bertz CT molecular complexity index is 250. The van der Waals surface area contributed by atoms with Gasteiger partial charge in [-0.1, -0.05) is 0 Å². The molecule has 0 spiro atoms. The van der Waals surface area contributed by atoms with Gasteiger partial charge in [0.05, 0.1) is 6.20 Å². The van der Waals surface area contributed by atoms with Gasteiger partial charge in [0.1, 0.15) is 5.82 Å². The molecule has 4 heteroatoms. The van der Waals surface area contributed by atoms with Gasteiger partial charge in [-0.15, -0.1) is 0 Å². The third-order valence-corrected chi connectivity index (χ3v) is 1.36. The van der Waals surface area contributed by atoms with E-state index in [0.29, 0.717) is 6.54 Å². The van der Waals surface area contributed by atoms with Crippen LogP contribution in [0.25, 0.3) is 0 Å². The second kappa shape index (κ2) is 4.13. The van der Waals surface area contributed by atoms with E-state index in [-0.39, 0.29) is 5.82 Å². The van der Waals surface area contributed by atoms with Crippen molar-refractivity contribution in [2.75, 3.05) is 14.1 Å². The molecule has 1 heterocycles. The summed E-state index contributed by atoms with van der Waals surface area (Å²) in [4.78, 5) is 3.73. The number of halogens is 1. The summed E-state index contributed by atoms with van der Waals surface area (Å²) in [6.45, 7) is 0.595. The molecule has 0 aliphatic heterocycles. The molecule has 0 radical (unpaired) electrons. The number of hydrazine groups is 1. The Hall–Kier alpha value is -1.00. The smallest absolute Gasteiger partial charge is 0.141 e. The lowest BCUT2D eigenvalue weighted by Crippen LogP contribution is -2.29. The highest BCUT2D eigenvalue weighted by atomic mass is 19.1. The minimum atomic E-state index is -0.298. The molecular formula is C8H12FN3. The van der Waals surface area contributed by atoms with E-state index in [0.717, 1.165) is 5.56 Å². The van der Waals surface area contributed by atoms with E-state index in [1.54, 1.807) is 6.20 Å². The zero-order chi connectivity index (χ0) is 8.97. The molecule has 0 bridgehead atoms. The number of pyridine rings is 1. The average molecular weight is 169 g/mol. The van der Waals surface area contributed by atoms with Crippen molar-refractivity contribution >= 4 is 0 Å². The number of nitrogens with zero attached hydrogens (tertiary/aromatic N) is 2. The molecule has 0 aliphatic carbocycles. The highest BCUT2D eigenvalue weighted by Gasteiger charge is 1.95. The Kier molecular flexibility index (Phi) is 3.13. The number of hydrogen-bond acceptors (Lipinski definition) is 3. The fourth-order valence-corrected chi connectivity index (χ4v) is 0.802. The molecule has 0 aromatic carbocycles. The van der Waals surface area contributed by atoms with Crippen LogP contribution in [-0.4, -0.2) is 24.1 Å². The van der Waals surface area contributed by atoms with Crippen molar-refractivity contribution in [2.45, 2.75) is 6.54 Å². The van der Waals surface area contributed by atoms with Gasteiger partial charge in [-0.05, 0) is 11.6 Å². The van der Waals surface area contributed by atoms with Gasteiger partial charge in [0, 0.05) is 26.8 Å². The molecular weight excluding hydrogens is 157 g/mol. The highest BCUT2D eigenvalue weighted by molar-refractivity contribution is 5.09. The van der Waals surface area contributed by atoms with E-state index in [1.165, 1.54) is 12.3 Å². The van der Waals surface area contributed by atoms with Crippen molar-refractivity contribution in [3.05, 3.63) is 29.8 Å². The minimum Gasteiger partial charge on any atom is -0.261 e. The third kappa shape index (κ3) is 2.94. The molecule has 0 unspecified atom stereocenters. The zero-order valence-electron chi connectivity index (χ0n) is 7.21. The van der Waals surface area contributed by atoms with Crippen LogP contribution in [-0.2, 0) is 6.54 Å². The Morgan fingerprint density at radius 1 is 1.50 bits per heavy atom. The first kappa shape index (κ1) is 9.09. The van der Waals surface area contributed by atoms with Gasteiger partial charge in [0.25, 0.3) is 0 Å². The third-order valence-electron chi connectivity index (χ3n) is 1.36. The lowest BCUT2D eigenvalue weighted by atomic mass is 10.3. The van der Waals surface area contributed by atoms with E-state index in [2.05, 4.69) is 10.4 Å². The second-order valence-corrected chi connectivity index (χ2v) is 2.74. The minimum absolute atomic E-state index is 0.298. The fourth-order valence-electron chi connectivity index (χ4n) is 0.802. The maximum atomic E-state index is 12.6. The molecule has 0 fully saturated rings. The molecule has 0 saturated heterocycles. The van der Waals surface area contributed by atoms with E-state index >= 15 is 0 Å². The van der Waals surface area contributed by atoms with E-state index in [9.17, 15) is 4.39 Å². The summed E-state index contributed by atoms with van der Waals surface area (Å²) in [7, 11) is 3.76. The maximum Gasteiger partial charge on any atom is 0.141 e. The second-order valence-electron chi connectivity index (χ2n) is 2.74. The number of aromatic nitrogens is 1. The summed E-state index contributed by atoms with van der Waals surface area (Å²) in [5.74, 6) is -0.298. The van der Waals surface area contributed by atoms with Gasteiger partial charge < -0.3 is 0 Å². The molecule has 0 aliphatic rings. The fraction of sp³-hybridized carbons (Fsp3) is 0.375. The molecule has 1 N–H and O–H groups in total. The monoisotopic (exact) mass is 169 g/mol. The average Bonchev–Trinajstić information content (AvgIpc) is 2.01. The van der Waals surface area contributed by atoms with Gasteiger partial charge in [0.15, 0.2) is 0 Å². The topological polar surface area (TPSA) is 28.2 Å². The van der Waals surface area contributed by atoms with Gasteiger partial charge in [-0.3, -0.25) is 15.4 Å². The van der Waals surface area contributed by atoms with Crippen LogP contribution in [0.2, 0.25) is 0 Å². The lowest BCUT2D eigenvalue weighted by Gasteiger charge is -2.11. The predicted octanol–water partition coefficient (Wildman–Crippen LogP) is 0.787. The lowest BCUT2D eigenvalue weighted by molar-refractivity contribution is 0.285. The molecule has 12 heavy (non-hydrogen) atoms. The van der Waals surface area contributed by atoms with Crippen LogP contribution in [0.5, 0.6) is 0 Å². The first-order valence-corrected chi connectivity index (χ1v) is 3.69. The first-order valence-electron chi connectivity index (χ1n) is 3.69. The molecule has 1 aromatic heterocycles. The molecule has 1 aromatic rings. The van der Waals surface area contributed by atoms with Crippen molar-refractivity contribution in [1.82, 2.24) is 15.4 Å². The van der Waals surface area contributed by atoms with Crippen molar-refractivity contribution in [1.29, 1.82) is 0 Å². The van der Waals surface area contributed by atoms with E-state index in [1.807, 2.05) is 19.1 Å². The normalized spacial score (nSPS) is 10.7. The molecule has 0 saturated carbocycles. The quantitative estimate of drug-likeness (QED) is 0.678. The molecule has 3 nitrogen and oxygen atoms in total. The molecule has 1 rings (SSSR count). The van der Waals surface area contributed by atoms with Crippen LogP contribution >= 0.6 is 0 Å². The van der Waals surface area contributed by atoms with Gasteiger partial charge >= 0.3 is 0 Å². The highest BCUT2D eigenvalue weighted by Crippen LogP contribution is 1.99. The molecule has 66 valence electrons. The summed E-state index contributed by atoms with van der Waals surface area (Å²) in [5, 5.41) is 1.81. The SMILES string of the molecule is CN(C)NCc1cncc(F)c1. The predicted molar refractivity (Wildman–Crippen MR) is 44.7 cm³/mol. The Morgan fingerprint density at radius 3 is 2.83 bits per heavy atom. The largest absolute Gasteiger partial charge is 0.261 e. The van der Waals surface area contributed by atoms with Gasteiger partial charge in [0.2, 0.25) is 0 Å². The summed E-state index contributed by atoms with van der Waals surface area (Å²) < 4.78 is 12.6. The Balaban J connectivity index is 2.52. The molecule has 0 atom stereocenters. The van der Waals surface area contributed by atoms with Gasteiger partial charge in [-0.2, -0.15) is 0 Å². The number of nitrogens with one attached hydrogen (secondary N) is 1. The zero-order valence-corrected chi connectivity index (χ0v) is 7.21. The Morgan fingerprint density at radius 2 is 2.25 bits per heavy atom. The van der Waals surface area contributed by atoms with Crippen LogP contribution in [0.3, 0.4) is 0 Å². The number of hydrogen-bond donors (Lipinski definition) is 1. The summed E-state index contributed by atoms with van der Waals surface area (Å²) in [5.41, 5.74) is 3.85. The summed E-state index contributed by atoms with van der Waals surface area (Å²) >= 11 is 0. The molecule has 0 amide bonds. The first-order chi connectivity index (χ1) is 5.68. The van der Waals surface area contributed by atoms with Crippen molar-refractivity contribution in [2.24, 2.45) is 0 Å². The van der Waals surface area contributed by atoms with E-state index < -0.39 is 0 Å². The standard InChI is InChI=1S/C8H12FN3/c1-12(2)11-5-7-3-8(9)6-10-4-7/h3-4,6,11H,5H2,1-2H3. The van der Waals surface area contributed by atoms with Crippen LogP contribution in [0.4, 0.5) is 4.39 Å². The van der Waals surface area contributed by atoms with Crippen LogP contribution in [0.1, 0.15) is 5.56 Å². The van der Waals surface area contributed by atoms with Crippen LogP contribution in [0.15, 0.2) is 18.5 Å². The number of rotatable bonds is 3. The van der Waals surface area contributed by atoms with E-state index in [4.69, 9.17) is 0 Å². The summed E-state index contributed by atoms with van der Waals surface area (Å²) in [6, 6.07) is 1.46. The van der Waals surface area contributed by atoms with Crippen LogP contribution < -0.4 is 5.43 Å². The van der Waals surface area contributed by atoms with Crippen molar-refractivity contribution in [3.63, 3.8) is 0 Å². The van der Waals surface area contributed by atoms with Gasteiger partial charge in [-0.25, -0.2) is 4.39 Å². The Labute approximate surface area is 71.2 Å². The van der Waals surface area contributed by atoms with Crippen molar-refractivity contribution < 1.29 is 4.39 Å². The summed E-state index contributed by atoms with van der Waals surface area (Å²) in [6.07, 6.45) is 2.83.